The number of aromatic nitrogens is 2. The van der Waals surface area contributed by atoms with Crippen LogP contribution in [0.25, 0.3) is 0 Å². The van der Waals surface area contributed by atoms with Gasteiger partial charge >= 0.3 is 5.97 Å². The predicted molar refractivity (Wildman–Crippen MR) is 55.1 cm³/mol. The molecule has 1 fully saturated rings. The van der Waals surface area contributed by atoms with E-state index in [4.69, 9.17) is 9.84 Å². The summed E-state index contributed by atoms with van der Waals surface area (Å²) in [4.78, 5) is 19.0. The van der Waals surface area contributed by atoms with Gasteiger partial charge in [0.15, 0.2) is 0 Å². The van der Waals surface area contributed by atoms with Gasteiger partial charge in [-0.05, 0) is 12.8 Å². The first kappa shape index (κ1) is 10.8. The molecule has 0 radical (unpaired) electrons. The van der Waals surface area contributed by atoms with E-state index in [2.05, 4.69) is 15.3 Å². The van der Waals surface area contributed by atoms with Crippen LogP contribution in [0.15, 0.2) is 12.4 Å². The predicted octanol–water partition coefficient (Wildman–Crippen LogP) is 0.363. The lowest BCUT2D eigenvalue weighted by Crippen LogP contribution is -2.32. The van der Waals surface area contributed by atoms with E-state index in [1.165, 1.54) is 7.11 Å². The van der Waals surface area contributed by atoms with Gasteiger partial charge in [0.2, 0.25) is 5.88 Å². The van der Waals surface area contributed by atoms with Crippen molar-refractivity contribution in [3.05, 3.63) is 18.1 Å². The van der Waals surface area contributed by atoms with Crippen LogP contribution in [-0.4, -0.2) is 34.2 Å². The maximum atomic E-state index is 10.8. The minimum atomic E-state index is -0.828. The van der Waals surface area contributed by atoms with Crippen molar-refractivity contribution in [1.29, 1.82) is 0 Å². The van der Waals surface area contributed by atoms with E-state index in [-0.39, 0.29) is 6.04 Å². The molecular formula is C10H13N3O3. The first-order valence-electron chi connectivity index (χ1n) is 5.06. The Labute approximate surface area is 92.7 Å². The number of nitrogens with zero attached hydrogens (tertiary/aromatic N) is 2. The fourth-order valence-electron chi connectivity index (χ4n) is 1.89. The Balaban J connectivity index is 2.17. The highest BCUT2D eigenvalue weighted by atomic mass is 16.5. The largest absolute Gasteiger partial charge is 0.480 e. The van der Waals surface area contributed by atoms with Crippen molar-refractivity contribution in [2.24, 2.45) is 0 Å². The number of methoxy groups -OCH3 is 1. The lowest BCUT2D eigenvalue weighted by atomic mass is 10.1. The Hall–Kier alpha value is -1.69. The molecule has 2 rings (SSSR count). The van der Waals surface area contributed by atoms with Crippen LogP contribution < -0.4 is 10.1 Å². The van der Waals surface area contributed by atoms with Gasteiger partial charge in [0.25, 0.3) is 0 Å². The maximum absolute atomic E-state index is 10.8. The average molecular weight is 223 g/mol. The molecular weight excluding hydrogens is 210 g/mol. The normalized spacial score (nSPS) is 24.3. The molecule has 2 unspecified atom stereocenters. The summed E-state index contributed by atoms with van der Waals surface area (Å²) in [6, 6.07) is -0.596. The molecule has 0 spiro atoms. The summed E-state index contributed by atoms with van der Waals surface area (Å²) in [6.07, 6.45) is 4.45. The second-order valence-electron chi connectivity index (χ2n) is 3.64. The van der Waals surface area contributed by atoms with E-state index >= 15 is 0 Å². The SMILES string of the molecule is COc1nccnc1C1CCC(C(=O)O)N1. The zero-order valence-electron chi connectivity index (χ0n) is 8.88. The van der Waals surface area contributed by atoms with Crippen LogP contribution >= 0.6 is 0 Å². The minimum Gasteiger partial charge on any atom is -0.480 e. The standard InChI is InChI=1S/C10H13N3O3/c1-16-9-8(11-4-5-12-9)6-2-3-7(13-6)10(14)15/h4-7,13H,2-3H2,1H3,(H,14,15). The van der Waals surface area contributed by atoms with Crippen molar-refractivity contribution in [2.75, 3.05) is 7.11 Å². The third-order valence-corrected chi connectivity index (χ3v) is 2.66. The molecule has 0 saturated carbocycles. The molecule has 1 aromatic rings. The van der Waals surface area contributed by atoms with Crippen molar-refractivity contribution < 1.29 is 14.6 Å². The van der Waals surface area contributed by atoms with E-state index in [1.54, 1.807) is 12.4 Å². The van der Waals surface area contributed by atoms with Crippen molar-refractivity contribution in [3.63, 3.8) is 0 Å². The lowest BCUT2D eigenvalue weighted by Gasteiger charge is -2.13. The van der Waals surface area contributed by atoms with E-state index in [0.29, 0.717) is 18.0 Å². The Morgan fingerprint density at radius 1 is 1.50 bits per heavy atom. The zero-order valence-corrected chi connectivity index (χ0v) is 8.88. The smallest absolute Gasteiger partial charge is 0.320 e. The summed E-state index contributed by atoms with van der Waals surface area (Å²) in [5.74, 6) is -0.378. The number of aliphatic carboxylic acids is 1. The summed E-state index contributed by atoms with van der Waals surface area (Å²) >= 11 is 0. The van der Waals surface area contributed by atoms with Crippen LogP contribution in [0.4, 0.5) is 0 Å². The monoisotopic (exact) mass is 223 g/mol. The zero-order chi connectivity index (χ0) is 11.5. The number of rotatable bonds is 3. The molecule has 0 aliphatic carbocycles. The van der Waals surface area contributed by atoms with Crippen LogP contribution in [0.2, 0.25) is 0 Å². The molecule has 1 aliphatic rings. The molecule has 16 heavy (non-hydrogen) atoms. The van der Waals surface area contributed by atoms with Crippen molar-refractivity contribution in [2.45, 2.75) is 24.9 Å². The third kappa shape index (κ3) is 1.96. The molecule has 6 nitrogen and oxygen atoms in total. The fraction of sp³-hybridized carbons (Fsp3) is 0.500. The molecule has 1 aliphatic heterocycles. The first-order valence-corrected chi connectivity index (χ1v) is 5.06. The molecule has 2 atom stereocenters. The lowest BCUT2D eigenvalue weighted by molar-refractivity contribution is -0.139. The average Bonchev–Trinajstić information content (AvgIpc) is 2.78. The molecule has 2 heterocycles. The van der Waals surface area contributed by atoms with Crippen LogP contribution in [0.1, 0.15) is 24.6 Å². The highest BCUT2D eigenvalue weighted by molar-refractivity contribution is 5.73. The van der Waals surface area contributed by atoms with Crippen molar-refractivity contribution >= 4 is 5.97 Å². The second-order valence-corrected chi connectivity index (χ2v) is 3.64. The van der Waals surface area contributed by atoms with Gasteiger partial charge in [-0.3, -0.25) is 15.1 Å². The Morgan fingerprint density at radius 3 is 2.88 bits per heavy atom. The summed E-state index contributed by atoms with van der Waals surface area (Å²) in [7, 11) is 1.52. The van der Waals surface area contributed by atoms with Crippen LogP contribution in [0.3, 0.4) is 0 Å². The molecule has 2 N–H and O–H groups in total. The fourth-order valence-corrected chi connectivity index (χ4v) is 1.89. The van der Waals surface area contributed by atoms with Gasteiger partial charge in [0.05, 0.1) is 13.2 Å². The molecule has 1 aromatic heterocycles. The number of nitrogens with one attached hydrogen (secondary N) is 1. The van der Waals surface area contributed by atoms with Gasteiger partial charge in [-0.2, -0.15) is 0 Å². The molecule has 0 bridgehead atoms. The second kappa shape index (κ2) is 4.44. The van der Waals surface area contributed by atoms with Crippen molar-refractivity contribution in [1.82, 2.24) is 15.3 Å². The minimum absolute atomic E-state index is 0.0928. The molecule has 0 amide bonds. The number of carboxylic acids is 1. The Kier molecular flexibility index (Phi) is 3.00. The van der Waals surface area contributed by atoms with E-state index in [0.717, 1.165) is 6.42 Å². The summed E-state index contributed by atoms with van der Waals surface area (Å²) in [5, 5.41) is 11.9. The summed E-state index contributed by atoms with van der Waals surface area (Å²) < 4.78 is 5.09. The Morgan fingerprint density at radius 2 is 2.25 bits per heavy atom. The Bertz CT molecular complexity index is 397. The number of hydrogen-bond acceptors (Lipinski definition) is 5. The van der Waals surface area contributed by atoms with Crippen molar-refractivity contribution in [3.8, 4) is 5.88 Å². The first-order chi connectivity index (χ1) is 7.72. The maximum Gasteiger partial charge on any atom is 0.320 e. The quantitative estimate of drug-likeness (QED) is 0.769. The van der Waals surface area contributed by atoms with Crippen LogP contribution in [0, 0.1) is 0 Å². The van der Waals surface area contributed by atoms with Gasteiger partial charge in [-0.15, -0.1) is 0 Å². The highest BCUT2D eigenvalue weighted by Gasteiger charge is 2.32. The number of hydrogen-bond donors (Lipinski definition) is 2. The van der Waals surface area contributed by atoms with E-state index in [9.17, 15) is 4.79 Å². The molecule has 1 saturated heterocycles. The van der Waals surface area contributed by atoms with Crippen LogP contribution in [-0.2, 0) is 4.79 Å². The summed E-state index contributed by atoms with van der Waals surface area (Å²) in [6.45, 7) is 0. The van der Waals surface area contributed by atoms with Gasteiger partial charge in [0, 0.05) is 12.4 Å². The van der Waals surface area contributed by atoms with Gasteiger partial charge in [-0.1, -0.05) is 0 Å². The van der Waals surface area contributed by atoms with Gasteiger partial charge in [0.1, 0.15) is 11.7 Å². The van der Waals surface area contributed by atoms with E-state index < -0.39 is 12.0 Å². The summed E-state index contributed by atoms with van der Waals surface area (Å²) in [5.41, 5.74) is 0.675. The number of ether oxygens (including phenoxy) is 1. The van der Waals surface area contributed by atoms with Gasteiger partial charge < -0.3 is 9.84 Å². The molecule has 6 heteroatoms. The van der Waals surface area contributed by atoms with E-state index in [1.807, 2.05) is 0 Å². The number of carboxylic acid groups (broad SMARTS) is 1. The molecule has 86 valence electrons. The topological polar surface area (TPSA) is 84.3 Å². The highest BCUT2D eigenvalue weighted by Crippen LogP contribution is 2.29. The number of carbonyl (C=O) groups is 1. The van der Waals surface area contributed by atoms with Gasteiger partial charge in [-0.25, -0.2) is 4.98 Å². The third-order valence-electron chi connectivity index (χ3n) is 2.66. The molecule has 0 aromatic carbocycles. The van der Waals surface area contributed by atoms with Crippen LogP contribution in [0.5, 0.6) is 5.88 Å².